The van der Waals surface area contributed by atoms with Crippen LogP contribution < -0.4 is 0 Å². The van der Waals surface area contributed by atoms with Crippen LogP contribution in [0.2, 0.25) is 0 Å². The second kappa shape index (κ2) is 4.56. The van der Waals surface area contributed by atoms with E-state index < -0.39 is 0 Å². The van der Waals surface area contributed by atoms with Gasteiger partial charge in [-0.05, 0) is 25.3 Å². The second-order valence-electron chi connectivity index (χ2n) is 4.84. The molecule has 0 aliphatic carbocycles. The van der Waals surface area contributed by atoms with Crippen molar-refractivity contribution in [1.82, 2.24) is 0 Å². The molecule has 0 spiro atoms. The van der Waals surface area contributed by atoms with Gasteiger partial charge < -0.3 is 9.47 Å². The molecule has 1 heterocycles. The first-order valence-electron chi connectivity index (χ1n) is 5.98. The highest BCUT2D eigenvalue weighted by Gasteiger charge is 2.30. The third-order valence-electron chi connectivity index (χ3n) is 3.21. The summed E-state index contributed by atoms with van der Waals surface area (Å²) in [4.78, 5) is 0. The number of hydrogen-bond donors (Lipinski definition) is 0. The number of rotatable bonds is 2. The Balaban J connectivity index is 2.11. The molecule has 0 saturated carbocycles. The fourth-order valence-corrected chi connectivity index (χ4v) is 1.84. The van der Waals surface area contributed by atoms with E-state index in [1.54, 1.807) is 0 Å². The summed E-state index contributed by atoms with van der Waals surface area (Å²) in [5, 5.41) is 0. The maximum Gasteiger partial charge on any atom is 0.184 e. The molecular weight excluding hydrogens is 200 g/mol. The van der Waals surface area contributed by atoms with Crippen molar-refractivity contribution in [3.63, 3.8) is 0 Å². The van der Waals surface area contributed by atoms with Crippen molar-refractivity contribution >= 4 is 0 Å². The van der Waals surface area contributed by atoms with E-state index in [0.717, 1.165) is 5.56 Å². The van der Waals surface area contributed by atoms with Crippen molar-refractivity contribution < 1.29 is 9.47 Å². The number of hydrogen-bond acceptors (Lipinski definition) is 2. The average molecular weight is 220 g/mol. The molecule has 0 amide bonds. The topological polar surface area (TPSA) is 18.5 Å². The quantitative estimate of drug-likeness (QED) is 0.757. The third-order valence-corrected chi connectivity index (χ3v) is 3.21. The highest BCUT2D eigenvalue weighted by Crippen LogP contribution is 2.31. The van der Waals surface area contributed by atoms with E-state index in [0.29, 0.717) is 5.92 Å². The molecule has 2 rings (SSSR count). The molecule has 1 aliphatic heterocycles. The third kappa shape index (κ3) is 2.28. The first-order valence-corrected chi connectivity index (χ1v) is 5.98. The van der Waals surface area contributed by atoms with Crippen molar-refractivity contribution in [1.29, 1.82) is 0 Å². The van der Waals surface area contributed by atoms with Gasteiger partial charge in [-0.25, -0.2) is 0 Å². The predicted molar refractivity (Wildman–Crippen MR) is 64.4 cm³/mol. The smallest absolute Gasteiger partial charge is 0.184 e. The maximum atomic E-state index is 5.74. The zero-order chi connectivity index (χ0) is 11.7. The monoisotopic (exact) mass is 220 g/mol. The summed E-state index contributed by atoms with van der Waals surface area (Å²) in [6.45, 7) is 8.49. The predicted octanol–water partition coefficient (Wildman–Crippen LogP) is 3.63. The van der Waals surface area contributed by atoms with Gasteiger partial charge in [0, 0.05) is 5.56 Å². The zero-order valence-corrected chi connectivity index (χ0v) is 10.4. The molecule has 0 N–H and O–H groups in total. The molecule has 1 aliphatic rings. The largest absolute Gasteiger partial charge is 0.343 e. The van der Waals surface area contributed by atoms with Crippen molar-refractivity contribution in [3.8, 4) is 0 Å². The molecule has 1 aromatic rings. The Morgan fingerprint density at radius 2 is 1.44 bits per heavy atom. The fourth-order valence-electron chi connectivity index (χ4n) is 1.84. The molecule has 1 aromatic carbocycles. The molecule has 88 valence electrons. The molecule has 1 unspecified atom stereocenters. The minimum atomic E-state index is -0.189. The fraction of sp³-hybridized carbons (Fsp3) is 0.571. The summed E-state index contributed by atoms with van der Waals surface area (Å²) >= 11 is 0. The molecule has 1 saturated heterocycles. The summed E-state index contributed by atoms with van der Waals surface area (Å²) in [5.74, 6) is 0.567. The van der Waals surface area contributed by atoms with Gasteiger partial charge >= 0.3 is 0 Å². The molecule has 1 fully saturated rings. The first-order chi connectivity index (χ1) is 7.58. The lowest BCUT2D eigenvalue weighted by Crippen LogP contribution is -2.13. The average Bonchev–Trinajstić information content (AvgIpc) is 2.59. The summed E-state index contributed by atoms with van der Waals surface area (Å²) in [6.07, 6.45) is 0.163. The molecular formula is C14H20O2. The van der Waals surface area contributed by atoms with Crippen LogP contribution in [0.5, 0.6) is 0 Å². The molecule has 0 aromatic heterocycles. The van der Waals surface area contributed by atoms with Gasteiger partial charge in [0.15, 0.2) is 6.29 Å². The summed E-state index contributed by atoms with van der Waals surface area (Å²) in [5.41, 5.74) is 2.46. The van der Waals surface area contributed by atoms with Crippen LogP contribution in [0.25, 0.3) is 0 Å². The Kier molecular flexibility index (Phi) is 3.31. The minimum Gasteiger partial charge on any atom is -0.343 e. The summed E-state index contributed by atoms with van der Waals surface area (Å²) in [6, 6.07) is 8.51. The van der Waals surface area contributed by atoms with Gasteiger partial charge in [0.25, 0.3) is 0 Å². The van der Waals surface area contributed by atoms with Crippen LogP contribution in [0.1, 0.15) is 51.0 Å². The van der Waals surface area contributed by atoms with Gasteiger partial charge in [-0.1, -0.05) is 38.1 Å². The number of ether oxygens (including phenoxy) is 2. The number of benzene rings is 1. The first kappa shape index (κ1) is 11.6. The van der Waals surface area contributed by atoms with Crippen LogP contribution in [0.4, 0.5) is 0 Å². The van der Waals surface area contributed by atoms with Crippen LogP contribution in [0.3, 0.4) is 0 Å². The van der Waals surface area contributed by atoms with Crippen molar-refractivity contribution in [2.45, 2.75) is 52.1 Å². The minimum absolute atomic E-state index is 0.176. The van der Waals surface area contributed by atoms with E-state index >= 15 is 0 Å². The summed E-state index contributed by atoms with van der Waals surface area (Å²) in [7, 11) is 0. The van der Waals surface area contributed by atoms with Crippen LogP contribution in [0, 0.1) is 0 Å². The van der Waals surface area contributed by atoms with E-state index in [1.165, 1.54) is 5.56 Å². The van der Waals surface area contributed by atoms with Gasteiger partial charge in [-0.15, -0.1) is 0 Å². The SMILES string of the molecule is CC(C)c1ccc(C2O[C@@H](C)[C@@H](C)O2)cc1. The highest BCUT2D eigenvalue weighted by molar-refractivity contribution is 5.25. The Labute approximate surface area is 97.6 Å². The maximum absolute atomic E-state index is 5.74. The van der Waals surface area contributed by atoms with E-state index in [9.17, 15) is 0 Å². The molecule has 0 radical (unpaired) electrons. The van der Waals surface area contributed by atoms with Gasteiger partial charge in [-0.2, -0.15) is 0 Å². The lowest BCUT2D eigenvalue weighted by Gasteiger charge is -2.12. The lowest BCUT2D eigenvalue weighted by atomic mass is 10.0. The van der Waals surface area contributed by atoms with Gasteiger partial charge in [0.05, 0.1) is 12.2 Å². The van der Waals surface area contributed by atoms with Gasteiger partial charge in [-0.3, -0.25) is 0 Å². The van der Waals surface area contributed by atoms with Gasteiger partial charge in [0.2, 0.25) is 0 Å². The Morgan fingerprint density at radius 3 is 1.88 bits per heavy atom. The van der Waals surface area contributed by atoms with E-state index in [4.69, 9.17) is 9.47 Å². The molecule has 16 heavy (non-hydrogen) atoms. The van der Waals surface area contributed by atoms with Crippen molar-refractivity contribution in [2.75, 3.05) is 0 Å². The van der Waals surface area contributed by atoms with Crippen LogP contribution in [-0.2, 0) is 9.47 Å². The Bertz CT molecular complexity index is 332. The molecule has 3 atom stereocenters. The van der Waals surface area contributed by atoms with Crippen LogP contribution in [-0.4, -0.2) is 12.2 Å². The Hall–Kier alpha value is -0.860. The second-order valence-corrected chi connectivity index (χ2v) is 4.84. The van der Waals surface area contributed by atoms with Crippen LogP contribution in [0.15, 0.2) is 24.3 Å². The normalized spacial score (nSPS) is 29.9. The molecule has 0 bridgehead atoms. The summed E-state index contributed by atoms with van der Waals surface area (Å²) < 4.78 is 11.5. The van der Waals surface area contributed by atoms with Crippen LogP contribution >= 0.6 is 0 Å². The molecule has 2 heteroatoms. The van der Waals surface area contributed by atoms with Crippen molar-refractivity contribution in [3.05, 3.63) is 35.4 Å². The highest BCUT2D eigenvalue weighted by atomic mass is 16.7. The van der Waals surface area contributed by atoms with Gasteiger partial charge in [0.1, 0.15) is 0 Å². The molecule has 2 nitrogen and oxygen atoms in total. The Morgan fingerprint density at radius 1 is 0.938 bits per heavy atom. The van der Waals surface area contributed by atoms with E-state index in [1.807, 2.05) is 13.8 Å². The van der Waals surface area contributed by atoms with E-state index in [2.05, 4.69) is 38.1 Å². The standard InChI is InChI=1S/C14H20O2/c1-9(2)12-5-7-13(8-6-12)14-15-10(3)11(4)16-14/h5-11,14H,1-4H3/t10-,11+,14?. The zero-order valence-electron chi connectivity index (χ0n) is 10.4. The van der Waals surface area contributed by atoms with Crippen molar-refractivity contribution in [2.24, 2.45) is 0 Å². The lowest BCUT2D eigenvalue weighted by molar-refractivity contribution is -0.0652. The van der Waals surface area contributed by atoms with E-state index in [-0.39, 0.29) is 18.5 Å².